The molecule has 1 saturated carbocycles. The zero-order valence-corrected chi connectivity index (χ0v) is 18.6. The molecule has 0 aliphatic heterocycles. The van der Waals surface area contributed by atoms with E-state index < -0.39 is 6.10 Å². The van der Waals surface area contributed by atoms with Gasteiger partial charge < -0.3 is 10.4 Å². The third-order valence-electron chi connectivity index (χ3n) is 5.83. The van der Waals surface area contributed by atoms with Gasteiger partial charge in [-0.15, -0.1) is 22.7 Å². The van der Waals surface area contributed by atoms with E-state index in [1.54, 1.807) is 22.7 Å². The topological polar surface area (TPSA) is 75.1 Å². The quantitative estimate of drug-likeness (QED) is 0.447. The molecule has 1 aliphatic rings. The molecule has 1 fully saturated rings. The van der Waals surface area contributed by atoms with Crippen molar-refractivity contribution in [2.24, 2.45) is 0 Å². The van der Waals surface area contributed by atoms with Gasteiger partial charge >= 0.3 is 0 Å². The molecule has 2 N–H and O–H groups in total. The van der Waals surface area contributed by atoms with Gasteiger partial charge in [0.05, 0.1) is 32.8 Å². The van der Waals surface area contributed by atoms with Crippen LogP contribution < -0.4 is 5.32 Å². The Morgan fingerprint density at radius 2 is 1.97 bits per heavy atom. The molecule has 7 heteroatoms. The molecule has 1 amide bonds. The van der Waals surface area contributed by atoms with Crippen LogP contribution in [0.1, 0.15) is 47.3 Å². The molecule has 4 aromatic rings. The lowest BCUT2D eigenvalue weighted by Crippen LogP contribution is -2.45. The second-order valence-electron chi connectivity index (χ2n) is 7.97. The molecular weight excluding hydrogens is 426 g/mol. The number of hydrogen-bond donors (Lipinski definition) is 2. The molecule has 158 valence electrons. The Morgan fingerprint density at radius 3 is 2.74 bits per heavy atom. The fourth-order valence-corrected chi connectivity index (χ4v) is 5.64. The van der Waals surface area contributed by atoms with Gasteiger partial charge in [0.25, 0.3) is 5.91 Å². The summed E-state index contributed by atoms with van der Waals surface area (Å²) < 4.78 is 1.11. The van der Waals surface area contributed by atoms with E-state index in [1.807, 2.05) is 29.2 Å². The van der Waals surface area contributed by atoms with Gasteiger partial charge in [-0.2, -0.15) is 0 Å². The number of hydrogen-bond acceptors (Lipinski definition) is 6. The van der Waals surface area contributed by atoms with Crippen molar-refractivity contribution in [3.63, 3.8) is 0 Å². The molecule has 0 unspecified atom stereocenters. The zero-order valence-electron chi connectivity index (χ0n) is 17.0. The predicted octanol–water partition coefficient (Wildman–Crippen LogP) is 5.04. The normalized spacial score (nSPS) is 18.9. The minimum absolute atomic E-state index is 0.191. The summed E-state index contributed by atoms with van der Waals surface area (Å²) >= 11 is 3.28. The summed E-state index contributed by atoms with van der Waals surface area (Å²) in [6, 6.07) is 12.2. The Kier molecular flexibility index (Phi) is 5.80. The van der Waals surface area contributed by atoms with Crippen LogP contribution in [-0.2, 0) is 6.42 Å². The number of thiophene rings is 1. The van der Waals surface area contributed by atoms with E-state index in [9.17, 15) is 9.90 Å². The summed E-state index contributed by atoms with van der Waals surface area (Å²) in [5.74, 6) is -0.208. The Bertz CT molecular complexity index is 1190. The number of fused-ring (bicyclic) bond motifs is 1. The van der Waals surface area contributed by atoms with Gasteiger partial charge in [0, 0.05) is 6.20 Å². The number of pyridine rings is 1. The van der Waals surface area contributed by atoms with Crippen LogP contribution in [0.2, 0.25) is 0 Å². The van der Waals surface area contributed by atoms with Crippen molar-refractivity contribution < 1.29 is 9.90 Å². The van der Waals surface area contributed by atoms with Gasteiger partial charge in [0.1, 0.15) is 5.69 Å². The van der Waals surface area contributed by atoms with Crippen molar-refractivity contribution in [2.75, 3.05) is 0 Å². The maximum Gasteiger partial charge on any atom is 0.270 e. The van der Waals surface area contributed by atoms with Crippen LogP contribution in [0.25, 0.3) is 20.7 Å². The smallest absolute Gasteiger partial charge is 0.270 e. The summed E-state index contributed by atoms with van der Waals surface area (Å²) in [5, 5.41) is 15.2. The first-order chi connectivity index (χ1) is 15.2. The molecule has 1 aromatic carbocycles. The number of carbonyl (C=O) groups is 1. The van der Waals surface area contributed by atoms with Crippen molar-refractivity contribution >= 4 is 38.8 Å². The van der Waals surface area contributed by atoms with Crippen molar-refractivity contribution in [2.45, 2.75) is 44.2 Å². The first-order valence-corrected chi connectivity index (χ1v) is 12.3. The largest absolute Gasteiger partial charge is 0.391 e. The lowest BCUT2D eigenvalue weighted by molar-refractivity contribution is 0.0714. The fraction of sp³-hybridized carbons (Fsp3) is 0.292. The number of rotatable bonds is 5. The van der Waals surface area contributed by atoms with Crippen LogP contribution in [-0.4, -0.2) is 33.1 Å². The highest BCUT2D eigenvalue weighted by molar-refractivity contribution is 7.17. The fourth-order valence-electron chi connectivity index (χ4n) is 4.16. The number of amides is 1. The zero-order chi connectivity index (χ0) is 21.2. The van der Waals surface area contributed by atoms with Gasteiger partial charge in [-0.25, -0.2) is 4.98 Å². The maximum absolute atomic E-state index is 12.9. The molecule has 1 aliphatic carbocycles. The highest BCUT2D eigenvalue weighted by Crippen LogP contribution is 2.28. The third kappa shape index (κ3) is 4.39. The lowest BCUT2D eigenvalue weighted by Gasteiger charge is -2.28. The average molecular weight is 450 g/mol. The molecule has 31 heavy (non-hydrogen) atoms. The second-order valence-corrected chi connectivity index (χ2v) is 9.78. The summed E-state index contributed by atoms with van der Waals surface area (Å²) in [7, 11) is 0. The molecule has 0 bridgehead atoms. The molecule has 5 nitrogen and oxygen atoms in total. The number of carbonyl (C=O) groups excluding carboxylic acids is 1. The number of thiazole rings is 1. The molecular formula is C24H23N3O2S2. The van der Waals surface area contributed by atoms with E-state index in [0.717, 1.165) is 58.3 Å². The minimum atomic E-state index is -0.473. The standard InChI is InChI=1S/C24H23N3O2S2/c28-21-4-2-1-3-18(21)27-24(29)20-12-17(23-19(26-20)9-10-30-23)11-15-5-7-16(8-6-15)22-13-25-14-31-22/h5-10,12-14,18,21,28H,1-4,11H2,(H,27,29)/t18-,21-/m0/s1. The number of benzene rings is 1. The van der Waals surface area contributed by atoms with Crippen LogP contribution in [0, 0.1) is 0 Å². The number of aromatic nitrogens is 2. The summed E-state index contributed by atoms with van der Waals surface area (Å²) in [6.45, 7) is 0. The molecule has 3 heterocycles. The molecule has 5 rings (SSSR count). The lowest BCUT2D eigenvalue weighted by atomic mass is 9.92. The Balaban J connectivity index is 1.39. The van der Waals surface area contributed by atoms with Gasteiger partial charge in [0.15, 0.2) is 0 Å². The Hall–Kier alpha value is -2.61. The predicted molar refractivity (Wildman–Crippen MR) is 126 cm³/mol. The van der Waals surface area contributed by atoms with Crippen LogP contribution in [0.15, 0.2) is 53.5 Å². The molecule has 0 spiro atoms. The highest BCUT2D eigenvalue weighted by Gasteiger charge is 2.25. The van der Waals surface area contributed by atoms with Crippen molar-refractivity contribution in [1.29, 1.82) is 0 Å². The van der Waals surface area contributed by atoms with E-state index in [0.29, 0.717) is 5.69 Å². The Labute approximate surface area is 188 Å². The molecule has 3 aromatic heterocycles. The van der Waals surface area contributed by atoms with E-state index >= 15 is 0 Å². The summed E-state index contributed by atoms with van der Waals surface area (Å²) in [6.07, 6.45) is 5.73. The van der Waals surface area contributed by atoms with Crippen molar-refractivity contribution in [1.82, 2.24) is 15.3 Å². The van der Waals surface area contributed by atoms with Crippen LogP contribution in [0.3, 0.4) is 0 Å². The van der Waals surface area contributed by atoms with Crippen LogP contribution in [0.5, 0.6) is 0 Å². The molecule has 2 atom stereocenters. The average Bonchev–Trinajstić information content (AvgIpc) is 3.48. The SMILES string of the molecule is O=C(N[C@H]1CCCC[C@@H]1O)c1cc(Cc2ccc(-c3cncs3)cc2)c2sccc2n1. The van der Waals surface area contributed by atoms with E-state index in [2.05, 4.69) is 39.6 Å². The number of nitrogens with zero attached hydrogens (tertiary/aromatic N) is 2. The highest BCUT2D eigenvalue weighted by atomic mass is 32.1. The monoisotopic (exact) mass is 449 g/mol. The summed E-state index contributed by atoms with van der Waals surface area (Å²) in [5.41, 5.74) is 6.54. The van der Waals surface area contributed by atoms with Gasteiger partial charge in [-0.3, -0.25) is 9.78 Å². The number of nitrogens with one attached hydrogen (secondary N) is 1. The van der Waals surface area contributed by atoms with E-state index in [1.165, 1.54) is 5.56 Å². The molecule has 0 radical (unpaired) electrons. The van der Waals surface area contributed by atoms with Gasteiger partial charge in [0.2, 0.25) is 0 Å². The van der Waals surface area contributed by atoms with Crippen molar-refractivity contribution in [3.8, 4) is 10.4 Å². The van der Waals surface area contributed by atoms with Gasteiger partial charge in [-0.05, 0) is 53.5 Å². The van der Waals surface area contributed by atoms with E-state index in [4.69, 9.17) is 0 Å². The van der Waals surface area contributed by atoms with Crippen LogP contribution in [0.4, 0.5) is 0 Å². The van der Waals surface area contributed by atoms with E-state index in [-0.39, 0.29) is 11.9 Å². The Morgan fingerprint density at radius 1 is 1.13 bits per heavy atom. The third-order valence-corrected chi connectivity index (χ3v) is 7.63. The van der Waals surface area contributed by atoms with Crippen LogP contribution >= 0.6 is 22.7 Å². The number of aliphatic hydroxyl groups is 1. The number of aliphatic hydroxyl groups excluding tert-OH is 1. The summed E-state index contributed by atoms with van der Waals surface area (Å²) in [4.78, 5) is 22.8. The van der Waals surface area contributed by atoms with Crippen molar-refractivity contribution in [3.05, 3.63) is 70.3 Å². The first kappa shape index (κ1) is 20.3. The minimum Gasteiger partial charge on any atom is -0.391 e. The first-order valence-electron chi connectivity index (χ1n) is 10.5. The second kappa shape index (κ2) is 8.86. The maximum atomic E-state index is 12.9. The molecule has 0 saturated heterocycles. The van der Waals surface area contributed by atoms with Gasteiger partial charge in [-0.1, -0.05) is 37.1 Å².